The predicted molar refractivity (Wildman–Crippen MR) is 125 cm³/mol. The number of carbonyl (C=O) groups excluding carboxylic acids is 2. The van der Waals surface area contributed by atoms with Crippen molar-refractivity contribution in [1.82, 2.24) is 9.80 Å². The van der Waals surface area contributed by atoms with Gasteiger partial charge in [-0.25, -0.2) is 0 Å². The molecule has 0 bridgehead atoms. The zero-order valence-electron chi connectivity index (χ0n) is 18.5. The lowest BCUT2D eigenvalue weighted by molar-refractivity contribution is -0.140. The summed E-state index contributed by atoms with van der Waals surface area (Å²) in [6.45, 7) is 4.30. The Balaban J connectivity index is 1.69. The zero-order valence-corrected chi connectivity index (χ0v) is 19.3. The molecular formula is C25H27ClN2O5. The van der Waals surface area contributed by atoms with Gasteiger partial charge in [0.05, 0.1) is 37.5 Å². The number of ketones is 1. The lowest BCUT2D eigenvalue weighted by atomic mass is 9.95. The summed E-state index contributed by atoms with van der Waals surface area (Å²) < 4.78 is 10.8. The van der Waals surface area contributed by atoms with E-state index in [0.29, 0.717) is 48.1 Å². The van der Waals surface area contributed by atoms with E-state index in [1.165, 1.54) is 7.11 Å². The van der Waals surface area contributed by atoms with Crippen LogP contribution in [0.3, 0.4) is 0 Å². The van der Waals surface area contributed by atoms with Crippen molar-refractivity contribution < 1.29 is 24.2 Å². The van der Waals surface area contributed by atoms with Crippen LogP contribution >= 0.6 is 11.6 Å². The van der Waals surface area contributed by atoms with Gasteiger partial charge in [0.1, 0.15) is 11.5 Å². The van der Waals surface area contributed by atoms with Crippen LogP contribution in [0.2, 0.25) is 5.02 Å². The molecule has 7 nitrogen and oxygen atoms in total. The highest BCUT2D eigenvalue weighted by Gasteiger charge is 2.46. The number of morpholine rings is 1. The Morgan fingerprint density at radius 2 is 1.79 bits per heavy atom. The molecule has 1 N–H and O–H groups in total. The monoisotopic (exact) mass is 470 g/mol. The lowest BCUT2D eigenvalue weighted by Gasteiger charge is -2.29. The van der Waals surface area contributed by atoms with Crippen molar-refractivity contribution in [3.05, 3.63) is 70.3 Å². The van der Waals surface area contributed by atoms with E-state index in [2.05, 4.69) is 4.90 Å². The number of amides is 1. The van der Waals surface area contributed by atoms with Crippen LogP contribution in [-0.4, -0.2) is 73.1 Å². The third kappa shape index (κ3) is 4.90. The minimum absolute atomic E-state index is 0.0539. The lowest BCUT2D eigenvalue weighted by Crippen LogP contribution is -2.38. The largest absolute Gasteiger partial charge is 0.507 e. The number of rotatable bonds is 7. The molecule has 2 saturated heterocycles. The van der Waals surface area contributed by atoms with Crippen LogP contribution in [0, 0.1) is 0 Å². The number of Topliss-reactive ketones (excluding diaryl/α,β-unsaturated/α-hetero) is 1. The Morgan fingerprint density at radius 3 is 2.48 bits per heavy atom. The molecule has 2 heterocycles. The maximum atomic E-state index is 13.1. The smallest absolute Gasteiger partial charge is 0.295 e. The molecule has 1 atom stereocenters. The molecule has 1 unspecified atom stereocenters. The van der Waals surface area contributed by atoms with Crippen molar-refractivity contribution in [2.45, 2.75) is 12.5 Å². The molecule has 2 aromatic carbocycles. The molecule has 1 amide bonds. The van der Waals surface area contributed by atoms with Crippen LogP contribution in [0.4, 0.5) is 0 Å². The molecule has 33 heavy (non-hydrogen) atoms. The summed E-state index contributed by atoms with van der Waals surface area (Å²) in [5.74, 6) is -1.15. The van der Waals surface area contributed by atoms with E-state index in [1.807, 2.05) is 0 Å². The van der Waals surface area contributed by atoms with Gasteiger partial charge in [0.2, 0.25) is 0 Å². The van der Waals surface area contributed by atoms with Crippen molar-refractivity contribution in [3.63, 3.8) is 0 Å². The summed E-state index contributed by atoms with van der Waals surface area (Å²) in [7, 11) is 1.49. The minimum Gasteiger partial charge on any atom is -0.507 e. The van der Waals surface area contributed by atoms with Gasteiger partial charge < -0.3 is 19.5 Å². The Kier molecular flexibility index (Phi) is 7.33. The van der Waals surface area contributed by atoms with E-state index < -0.39 is 17.7 Å². The number of likely N-dealkylation sites (tertiary alicyclic amines) is 1. The van der Waals surface area contributed by atoms with Crippen LogP contribution in [0.15, 0.2) is 54.1 Å². The molecule has 174 valence electrons. The van der Waals surface area contributed by atoms with E-state index in [1.54, 1.807) is 53.4 Å². The first-order valence-corrected chi connectivity index (χ1v) is 11.4. The van der Waals surface area contributed by atoms with E-state index in [4.69, 9.17) is 21.1 Å². The third-order valence-electron chi connectivity index (χ3n) is 6.06. The number of aliphatic hydroxyl groups excluding tert-OH is 1. The number of ether oxygens (including phenoxy) is 2. The summed E-state index contributed by atoms with van der Waals surface area (Å²) in [6, 6.07) is 13.2. The molecule has 0 spiro atoms. The van der Waals surface area contributed by atoms with Gasteiger partial charge in [-0.05, 0) is 36.2 Å². The highest BCUT2D eigenvalue weighted by atomic mass is 35.5. The number of nitrogens with zero attached hydrogens (tertiary/aromatic N) is 2. The first-order chi connectivity index (χ1) is 16.0. The summed E-state index contributed by atoms with van der Waals surface area (Å²) in [5.41, 5.74) is 1.13. The number of methoxy groups -OCH3 is 1. The van der Waals surface area contributed by atoms with Crippen LogP contribution in [0.1, 0.15) is 23.6 Å². The maximum absolute atomic E-state index is 13.1. The average molecular weight is 471 g/mol. The van der Waals surface area contributed by atoms with Crippen molar-refractivity contribution in [3.8, 4) is 5.75 Å². The molecule has 0 aliphatic carbocycles. The predicted octanol–water partition coefficient (Wildman–Crippen LogP) is 3.49. The van der Waals surface area contributed by atoms with Crippen molar-refractivity contribution in [1.29, 1.82) is 0 Å². The van der Waals surface area contributed by atoms with E-state index in [-0.39, 0.29) is 11.3 Å². The van der Waals surface area contributed by atoms with E-state index in [0.717, 1.165) is 19.6 Å². The number of para-hydroxylation sites is 1. The molecule has 4 rings (SSSR count). The Labute approximate surface area is 198 Å². The normalized spacial score (nSPS) is 20.9. The van der Waals surface area contributed by atoms with Gasteiger partial charge in [-0.3, -0.25) is 14.5 Å². The van der Waals surface area contributed by atoms with Crippen LogP contribution < -0.4 is 4.74 Å². The molecule has 0 aromatic heterocycles. The summed E-state index contributed by atoms with van der Waals surface area (Å²) in [6.07, 6.45) is 0.700. The van der Waals surface area contributed by atoms with E-state index in [9.17, 15) is 14.7 Å². The molecular weight excluding hydrogens is 444 g/mol. The Bertz CT molecular complexity index is 1050. The van der Waals surface area contributed by atoms with Gasteiger partial charge in [-0.15, -0.1) is 0 Å². The molecule has 2 aliphatic heterocycles. The quantitative estimate of drug-likeness (QED) is 0.379. The molecule has 2 aromatic rings. The number of aliphatic hydroxyl groups is 1. The van der Waals surface area contributed by atoms with Crippen LogP contribution in [0.25, 0.3) is 5.76 Å². The van der Waals surface area contributed by atoms with Crippen molar-refractivity contribution in [2.24, 2.45) is 0 Å². The molecule has 2 fully saturated rings. The first-order valence-electron chi connectivity index (χ1n) is 11.0. The zero-order chi connectivity index (χ0) is 23.4. The summed E-state index contributed by atoms with van der Waals surface area (Å²) in [5, 5.41) is 11.8. The summed E-state index contributed by atoms with van der Waals surface area (Å²) >= 11 is 6.07. The van der Waals surface area contributed by atoms with Crippen LogP contribution in [-0.2, 0) is 14.3 Å². The van der Waals surface area contributed by atoms with Gasteiger partial charge in [-0.2, -0.15) is 0 Å². The van der Waals surface area contributed by atoms with Gasteiger partial charge in [-0.1, -0.05) is 35.9 Å². The SMILES string of the molecule is COc1ccccc1/C(O)=C1\C(=O)C(=O)N(CCCN2CCOCC2)C1c1ccc(Cl)cc1. The van der Waals surface area contributed by atoms with Crippen LogP contribution in [0.5, 0.6) is 5.75 Å². The molecule has 8 heteroatoms. The van der Waals surface area contributed by atoms with Gasteiger partial charge in [0, 0.05) is 31.2 Å². The second kappa shape index (κ2) is 10.4. The summed E-state index contributed by atoms with van der Waals surface area (Å²) in [4.78, 5) is 30.1. The highest BCUT2D eigenvalue weighted by molar-refractivity contribution is 6.46. The minimum atomic E-state index is -0.711. The first kappa shape index (κ1) is 23.3. The fraction of sp³-hybridized carbons (Fsp3) is 0.360. The number of halogens is 1. The Hall–Kier alpha value is -2.87. The Morgan fingerprint density at radius 1 is 1.09 bits per heavy atom. The highest BCUT2D eigenvalue weighted by Crippen LogP contribution is 2.41. The average Bonchev–Trinajstić information content (AvgIpc) is 3.10. The number of carbonyl (C=O) groups is 2. The fourth-order valence-corrected chi connectivity index (χ4v) is 4.50. The number of benzene rings is 2. The molecule has 0 saturated carbocycles. The van der Waals surface area contributed by atoms with Gasteiger partial charge in [0.15, 0.2) is 0 Å². The standard InChI is InChI=1S/C25H27ClN2O5/c1-32-20-6-3-2-5-19(20)23(29)21-22(17-7-9-18(26)10-8-17)28(25(31)24(21)30)12-4-11-27-13-15-33-16-14-27/h2-3,5-10,22,29H,4,11-16H2,1H3/b23-21+. The van der Waals surface area contributed by atoms with Crippen molar-refractivity contribution >= 4 is 29.1 Å². The van der Waals surface area contributed by atoms with Gasteiger partial charge in [0.25, 0.3) is 11.7 Å². The topological polar surface area (TPSA) is 79.3 Å². The second-order valence-electron chi connectivity index (χ2n) is 8.05. The fourth-order valence-electron chi connectivity index (χ4n) is 4.38. The van der Waals surface area contributed by atoms with Gasteiger partial charge >= 0.3 is 0 Å². The third-order valence-corrected chi connectivity index (χ3v) is 6.32. The molecule has 2 aliphatic rings. The van der Waals surface area contributed by atoms with Crippen molar-refractivity contribution in [2.75, 3.05) is 46.5 Å². The number of hydrogen-bond acceptors (Lipinski definition) is 6. The molecule has 0 radical (unpaired) electrons. The maximum Gasteiger partial charge on any atom is 0.295 e. The van der Waals surface area contributed by atoms with E-state index >= 15 is 0 Å². The number of hydrogen-bond donors (Lipinski definition) is 1. The second-order valence-corrected chi connectivity index (χ2v) is 8.49.